The number of carbonyl (C=O) groups excluding carboxylic acids is 2. The van der Waals surface area contributed by atoms with Gasteiger partial charge in [0.05, 0.1) is 38.5 Å². The number of nitrogens with one attached hydrogen (secondary N) is 2. The average molecular weight is 670 g/mol. The minimum atomic E-state index is -3.13. The first-order valence-electron chi connectivity index (χ1n) is 16.2. The Labute approximate surface area is 277 Å². The van der Waals surface area contributed by atoms with Crippen LogP contribution in [-0.4, -0.2) is 67.5 Å². The summed E-state index contributed by atoms with van der Waals surface area (Å²) in [5.74, 6) is 4.32. The van der Waals surface area contributed by atoms with E-state index in [0.717, 1.165) is 61.7 Å². The van der Waals surface area contributed by atoms with Gasteiger partial charge in [-0.25, -0.2) is 8.93 Å². The molecule has 1 saturated carbocycles. The van der Waals surface area contributed by atoms with E-state index in [1.807, 2.05) is 31.2 Å². The first-order valence-corrected chi connectivity index (χ1v) is 18.3. The van der Waals surface area contributed by atoms with Crippen molar-refractivity contribution in [1.29, 1.82) is 0 Å². The van der Waals surface area contributed by atoms with Crippen molar-refractivity contribution in [2.24, 2.45) is 11.8 Å². The number of carbonyl (C=O) groups is 2. The SMILES string of the molecule is C=S1(=O)NC(=O)c2ccc3c(c2)N(C[C@@H]2CC[C@H]2[C@@H](OCCC(=O)OC)/C=C/C[C@H](C)N1)C[C@@]1(CCCc2cc(Cl)ccc21)CO3. The highest BCUT2D eigenvalue weighted by atomic mass is 35.5. The van der Waals surface area contributed by atoms with E-state index in [2.05, 4.69) is 38.4 Å². The number of hydrogen-bond donors (Lipinski definition) is 2. The number of amides is 1. The highest BCUT2D eigenvalue weighted by molar-refractivity contribution is 7.97. The lowest BCUT2D eigenvalue weighted by Gasteiger charge is -2.46. The van der Waals surface area contributed by atoms with Crippen LogP contribution in [0, 0.1) is 11.8 Å². The Morgan fingerprint density at radius 1 is 1.24 bits per heavy atom. The Balaban J connectivity index is 1.38. The molecule has 9 nitrogen and oxygen atoms in total. The average Bonchev–Trinajstić information content (AvgIpc) is 3.14. The summed E-state index contributed by atoms with van der Waals surface area (Å²) in [5.41, 5.74) is 3.53. The molecule has 46 heavy (non-hydrogen) atoms. The van der Waals surface area contributed by atoms with Crippen LogP contribution >= 0.6 is 11.6 Å². The van der Waals surface area contributed by atoms with Gasteiger partial charge in [0.2, 0.25) is 0 Å². The maximum atomic E-state index is 13.4. The molecule has 0 radical (unpaired) electrons. The van der Waals surface area contributed by atoms with E-state index >= 15 is 0 Å². The Morgan fingerprint density at radius 3 is 2.87 bits per heavy atom. The second kappa shape index (κ2) is 13.6. The molecular weight excluding hydrogens is 626 g/mol. The summed E-state index contributed by atoms with van der Waals surface area (Å²) in [6.45, 7) is 4.16. The Bertz CT molecular complexity index is 1610. The first kappa shape index (κ1) is 32.9. The van der Waals surface area contributed by atoms with Crippen LogP contribution in [-0.2, 0) is 36.0 Å². The molecule has 1 spiro atoms. The van der Waals surface area contributed by atoms with Crippen molar-refractivity contribution in [3.63, 3.8) is 0 Å². The number of ether oxygens (including phenoxy) is 3. The number of hydrogen-bond acceptors (Lipinski definition) is 7. The van der Waals surface area contributed by atoms with Crippen LogP contribution in [0.2, 0.25) is 5.02 Å². The van der Waals surface area contributed by atoms with Crippen LogP contribution in [0.25, 0.3) is 0 Å². The lowest BCUT2D eigenvalue weighted by Crippen LogP contribution is -2.49. The molecule has 4 aliphatic rings. The van der Waals surface area contributed by atoms with Gasteiger partial charge in [-0.1, -0.05) is 29.8 Å². The van der Waals surface area contributed by atoms with E-state index in [1.165, 1.54) is 18.2 Å². The number of benzene rings is 2. The quantitative estimate of drug-likeness (QED) is 0.268. The third-order valence-corrected chi connectivity index (χ3v) is 11.5. The highest BCUT2D eigenvalue weighted by Gasteiger charge is 2.44. The maximum Gasteiger partial charge on any atom is 0.307 e. The van der Waals surface area contributed by atoms with Gasteiger partial charge in [-0.3, -0.25) is 14.3 Å². The molecule has 6 rings (SSSR count). The largest absolute Gasteiger partial charge is 0.490 e. The number of halogens is 1. The molecule has 2 bridgehead atoms. The highest BCUT2D eigenvalue weighted by Crippen LogP contribution is 2.47. The van der Waals surface area contributed by atoms with Gasteiger partial charge in [0, 0.05) is 35.1 Å². The van der Waals surface area contributed by atoms with Crippen LogP contribution in [0.15, 0.2) is 48.6 Å². The van der Waals surface area contributed by atoms with E-state index in [4.69, 9.17) is 25.8 Å². The lowest BCUT2D eigenvalue weighted by atomic mass is 9.68. The minimum absolute atomic E-state index is 0.186. The zero-order valence-corrected chi connectivity index (χ0v) is 28.2. The second-order valence-electron chi connectivity index (χ2n) is 13.2. The number of aryl methyl sites for hydroxylation is 1. The van der Waals surface area contributed by atoms with E-state index in [1.54, 1.807) is 6.07 Å². The van der Waals surface area contributed by atoms with Gasteiger partial charge in [0.15, 0.2) is 0 Å². The molecule has 2 aromatic rings. The predicted octanol–water partition coefficient (Wildman–Crippen LogP) is 5.00. The molecule has 2 heterocycles. The predicted molar refractivity (Wildman–Crippen MR) is 182 cm³/mol. The van der Waals surface area contributed by atoms with E-state index in [9.17, 15) is 13.8 Å². The van der Waals surface area contributed by atoms with Gasteiger partial charge in [0.25, 0.3) is 5.91 Å². The monoisotopic (exact) mass is 669 g/mol. The topological polar surface area (TPSA) is 106 Å². The normalized spacial score (nSPS) is 31.7. The summed E-state index contributed by atoms with van der Waals surface area (Å²) in [7, 11) is -1.75. The van der Waals surface area contributed by atoms with Crippen molar-refractivity contribution in [1.82, 2.24) is 9.44 Å². The molecule has 0 aromatic heterocycles. The number of anilines is 1. The third-order valence-electron chi connectivity index (χ3n) is 9.96. The Morgan fingerprint density at radius 2 is 2.09 bits per heavy atom. The molecule has 1 fully saturated rings. The first-order chi connectivity index (χ1) is 22.1. The molecular formula is C35H44ClN3O6S. The summed E-state index contributed by atoms with van der Waals surface area (Å²) in [5, 5.41) is 0.740. The van der Waals surface area contributed by atoms with Crippen LogP contribution in [0.5, 0.6) is 5.75 Å². The summed E-state index contributed by atoms with van der Waals surface area (Å²) in [6.07, 6.45) is 9.69. The van der Waals surface area contributed by atoms with Crippen LogP contribution in [0.3, 0.4) is 0 Å². The van der Waals surface area contributed by atoms with Gasteiger partial charge < -0.3 is 19.1 Å². The zero-order valence-electron chi connectivity index (χ0n) is 26.6. The van der Waals surface area contributed by atoms with E-state index in [0.29, 0.717) is 24.5 Å². The molecule has 2 aromatic carbocycles. The van der Waals surface area contributed by atoms with Crippen LogP contribution in [0.4, 0.5) is 5.69 Å². The number of rotatable bonds is 4. The van der Waals surface area contributed by atoms with Crippen molar-refractivity contribution >= 4 is 44.9 Å². The fraction of sp³-hybridized carbons (Fsp3) is 0.514. The smallest absolute Gasteiger partial charge is 0.307 e. The van der Waals surface area contributed by atoms with Crippen LogP contribution in [0.1, 0.15) is 66.9 Å². The van der Waals surface area contributed by atoms with Gasteiger partial charge in [-0.15, -0.1) is 0 Å². The number of methoxy groups -OCH3 is 1. The summed E-state index contributed by atoms with van der Waals surface area (Å²) in [6, 6.07) is 11.4. The Hall–Kier alpha value is -3.05. The second-order valence-corrected chi connectivity index (χ2v) is 15.5. The zero-order chi connectivity index (χ0) is 32.5. The number of fused-ring (bicyclic) bond motifs is 4. The van der Waals surface area contributed by atoms with Crippen LogP contribution < -0.4 is 19.1 Å². The molecule has 1 amide bonds. The van der Waals surface area contributed by atoms with Crippen molar-refractivity contribution in [2.45, 2.75) is 69.4 Å². The Kier molecular flexibility index (Phi) is 9.71. The van der Waals surface area contributed by atoms with E-state index in [-0.39, 0.29) is 42.5 Å². The third kappa shape index (κ3) is 7.10. The van der Waals surface area contributed by atoms with Crippen molar-refractivity contribution < 1.29 is 28.0 Å². The molecule has 2 aliphatic heterocycles. The molecule has 0 saturated heterocycles. The summed E-state index contributed by atoms with van der Waals surface area (Å²) in [4.78, 5) is 27.7. The van der Waals surface area contributed by atoms with Gasteiger partial charge in [-0.05, 0) is 105 Å². The maximum absolute atomic E-state index is 13.4. The van der Waals surface area contributed by atoms with E-state index < -0.39 is 15.8 Å². The van der Waals surface area contributed by atoms with Crippen molar-refractivity contribution in [2.75, 3.05) is 38.3 Å². The fourth-order valence-corrected chi connectivity index (χ4v) is 8.94. The van der Waals surface area contributed by atoms with Gasteiger partial charge in [0.1, 0.15) is 15.6 Å². The summed E-state index contributed by atoms with van der Waals surface area (Å²) >= 11 is 6.43. The minimum Gasteiger partial charge on any atom is -0.490 e. The molecule has 2 N–H and O–H groups in total. The van der Waals surface area contributed by atoms with Crippen molar-refractivity contribution in [3.8, 4) is 5.75 Å². The number of esters is 1. The molecule has 1 unspecified atom stereocenters. The standard InChI is InChI=1S/C35H44ClN3O6S/c1-23-6-4-8-31(44-17-15-33(40)43-2)28-12-9-26(28)20-39-21-35(16-5-7-24-18-27(36)11-13-29(24)35)22-45-32-14-10-25(19-30(32)39)34(41)38-46(3,42)37-23/h4,8,10-11,13-14,18-19,23,26,28,31H,3,5-7,9,12,15-17,20-22H2,1-2H3,(H2,37,38,41,42)/b8-4+/t23-,26-,28+,31-,35-,46?/m0/s1. The van der Waals surface area contributed by atoms with Crippen molar-refractivity contribution in [3.05, 3.63) is 70.3 Å². The molecule has 6 atom stereocenters. The molecule has 2 aliphatic carbocycles. The van der Waals surface area contributed by atoms with Gasteiger partial charge >= 0.3 is 5.97 Å². The number of nitrogens with zero attached hydrogens (tertiary/aromatic N) is 1. The summed E-state index contributed by atoms with van der Waals surface area (Å²) < 4.78 is 36.7. The fourth-order valence-electron chi connectivity index (χ4n) is 7.52. The lowest BCUT2D eigenvalue weighted by molar-refractivity contribution is -0.142. The van der Waals surface area contributed by atoms with Gasteiger partial charge in [-0.2, -0.15) is 0 Å². The molecule has 248 valence electrons. The molecule has 11 heteroatoms.